The number of fused-ring (bicyclic) bond motifs is 1. The molecule has 106 valence electrons. The van der Waals surface area contributed by atoms with Crippen molar-refractivity contribution in [3.63, 3.8) is 0 Å². The highest BCUT2D eigenvalue weighted by molar-refractivity contribution is 5.95. The summed E-state index contributed by atoms with van der Waals surface area (Å²) in [6.45, 7) is 12.1. The van der Waals surface area contributed by atoms with Gasteiger partial charge in [0.25, 0.3) is 0 Å². The molecule has 2 rings (SSSR count). The molecule has 0 bridgehead atoms. The molecule has 0 fully saturated rings. The monoisotopic (exact) mass is 274 g/mol. The molecule has 0 saturated carbocycles. The second kappa shape index (κ2) is 6.90. The van der Waals surface area contributed by atoms with Crippen molar-refractivity contribution in [3.8, 4) is 0 Å². The Labute approximate surface area is 127 Å². The molecule has 0 aliphatic rings. The van der Waals surface area contributed by atoms with Gasteiger partial charge in [-0.05, 0) is 52.4 Å². The summed E-state index contributed by atoms with van der Waals surface area (Å²) in [5.74, 6) is 0. The summed E-state index contributed by atoms with van der Waals surface area (Å²) in [4.78, 5) is 0. The van der Waals surface area contributed by atoms with E-state index < -0.39 is 0 Å². The number of hydrogen-bond acceptors (Lipinski definition) is 0. The molecule has 0 saturated heterocycles. The fraction of sp³-hybridized carbons (Fsp3) is 0.143. The van der Waals surface area contributed by atoms with E-state index in [0.29, 0.717) is 0 Å². The predicted molar refractivity (Wildman–Crippen MR) is 97.2 cm³/mol. The molecule has 0 radical (unpaired) electrons. The third-order valence-corrected chi connectivity index (χ3v) is 3.69. The van der Waals surface area contributed by atoms with Crippen molar-refractivity contribution in [2.45, 2.75) is 20.3 Å². The molecule has 0 heterocycles. The van der Waals surface area contributed by atoms with Crippen LogP contribution in [-0.2, 0) is 0 Å². The van der Waals surface area contributed by atoms with Gasteiger partial charge >= 0.3 is 0 Å². The van der Waals surface area contributed by atoms with Crippen LogP contribution in [0.15, 0.2) is 61.7 Å². The second-order valence-corrected chi connectivity index (χ2v) is 5.10. The Bertz CT molecular complexity index is 727. The Morgan fingerprint density at radius 3 is 2.57 bits per heavy atom. The maximum Gasteiger partial charge on any atom is -0.0105 e. The molecular formula is C21H22. The van der Waals surface area contributed by atoms with E-state index in [4.69, 9.17) is 0 Å². The third kappa shape index (κ3) is 3.22. The fourth-order valence-corrected chi connectivity index (χ4v) is 2.47. The normalized spacial score (nSPS) is 12.0. The van der Waals surface area contributed by atoms with Gasteiger partial charge in [-0.25, -0.2) is 0 Å². The molecule has 21 heavy (non-hydrogen) atoms. The molecule has 0 aliphatic carbocycles. The van der Waals surface area contributed by atoms with Gasteiger partial charge in [0.1, 0.15) is 0 Å². The zero-order chi connectivity index (χ0) is 15.2. The van der Waals surface area contributed by atoms with Crippen LogP contribution in [0, 0.1) is 0 Å². The van der Waals surface area contributed by atoms with Gasteiger partial charge in [-0.1, -0.05) is 74.7 Å². The van der Waals surface area contributed by atoms with Crippen LogP contribution in [0.1, 0.15) is 37.0 Å². The molecule has 0 unspecified atom stereocenters. The maximum atomic E-state index is 3.93. The molecule has 2 aromatic rings. The molecule has 0 spiro atoms. The molecule has 0 aromatic heterocycles. The van der Waals surface area contributed by atoms with E-state index >= 15 is 0 Å². The highest BCUT2D eigenvalue weighted by atomic mass is 14.1. The van der Waals surface area contributed by atoms with Gasteiger partial charge in [0.2, 0.25) is 0 Å². The molecule has 0 heteroatoms. The lowest BCUT2D eigenvalue weighted by Gasteiger charge is -2.09. The molecule has 2 aromatic carbocycles. The first-order chi connectivity index (χ1) is 10.2. The van der Waals surface area contributed by atoms with Crippen LogP contribution in [0.25, 0.3) is 28.5 Å². The minimum atomic E-state index is 1.06. The van der Waals surface area contributed by atoms with Gasteiger partial charge in [0.05, 0.1) is 0 Å². The summed E-state index contributed by atoms with van der Waals surface area (Å²) < 4.78 is 0. The van der Waals surface area contributed by atoms with Gasteiger partial charge in [0.15, 0.2) is 0 Å². The lowest BCUT2D eigenvalue weighted by molar-refractivity contribution is 1.22. The minimum absolute atomic E-state index is 1.06. The number of rotatable bonds is 5. The third-order valence-electron chi connectivity index (χ3n) is 3.69. The van der Waals surface area contributed by atoms with Crippen LogP contribution >= 0.6 is 0 Å². The van der Waals surface area contributed by atoms with Gasteiger partial charge in [-0.3, -0.25) is 0 Å². The quantitative estimate of drug-likeness (QED) is 0.546. The topological polar surface area (TPSA) is 0 Å². The highest BCUT2D eigenvalue weighted by Crippen LogP contribution is 2.27. The second-order valence-electron chi connectivity index (χ2n) is 5.10. The van der Waals surface area contributed by atoms with Crippen molar-refractivity contribution in [1.29, 1.82) is 0 Å². The summed E-state index contributed by atoms with van der Waals surface area (Å²) in [7, 11) is 0. The number of hydrogen-bond donors (Lipinski definition) is 0. The fourth-order valence-electron chi connectivity index (χ4n) is 2.47. The van der Waals surface area contributed by atoms with E-state index in [0.717, 1.165) is 17.5 Å². The molecule has 0 atom stereocenters. The molecule has 0 aliphatic heterocycles. The molecule has 0 amide bonds. The average Bonchev–Trinajstić information content (AvgIpc) is 2.53. The Hall–Kier alpha value is -2.34. The van der Waals surface area contributed by atoms with Crippen molar-refractivity contribution in [2.24, 2.45) is 0 Å². The highest BCUT2D eigenvalue weighted by Gasteiger charge is 2.04. The Balaban J connectivity index is 2.53. The number of benzene rings is 2. The van der Waals surface area contributed by atoms with Crippen LogP contribution in [0.2, 0.25) is 0 Å². The van der Waals surface area contributed by atoms with Crippen molar-refractivity contribution in [1.82, 2.24) is 0 Å². The standard InChI is InChI=1S/C21H22/c1-5-8-9-10-16(4)18-13-14-21-19(15-18)12-11-17(6-2)20(21)7-3/h6-15H,2-3,5H2,1,4H3/b9-8-,16-10+. The smallest absolute Gasteiger partial charge is 0.0105 e. The number of allylic oxidation sites excluding steroid dienone is 4. The summed E-state index contributed by atoms with van der Waals surface area (Å²) in [6, 6.07) is 10.8. The van der Waals surface area contributed by atoms with Gasteiger partial charge in [-0.15, -0.1) is 0 Å². The Morgan fingerprint density at radius 2 is 1.90 bits per heavy atom. The van der Waals surface area contributed by atoms with E-state index in [2.05, 4.69) is 75.6 Å². The summed E-state index contributed by atoms with van der Waals surface area (Å²) in [5, 5.41) is 2.46. The van der Waals surface area contributed by atoms with Crippen LogP contribution in [0.3, 0.4) is 0 Å². The summed E-state index contributed by atoms with van der Waals surface area (Å²) in [6.07, 6.45) is 11.3. The van der Waals surface area contributed by atoms with Crippen LogP contribution in [-0.4, -0.2) is 0 Å². The first-order valence-corrected chi connectivity index (χ1v) is 7.36. The predicted octanol–water partition coefficient (Wildman–Crippen LogP) is 6.50. The van der Waals surface area contributed by atoms with Crippen LogP contribution in [0.5, 0.6) is 0 Å². The lowest BCUT2D eigenvalue weighted by Crippen LogP contribution is -1.86. The first kappa shape index (κ1) is 15.1. The van der Waals surface area contributed by atoms with E-state index in [-0.39, 0.29) is 0 Å². The van der Waals surface area contributed by atoms with Crippen LogP contribution in [0.4, 0.5) is 0 Å². The van der Waals surface area contributed by atoms with Crippen molar-refractivity contribution < 1.29 is 0 Å². The Kier molecular flexibility index (Phi) is 4.94. The van der Waals surface area contributed by atoms with Crippen molar-refractivity contribution in [3.05, 3.63) is 78.4 Å². The zero-order valence-corrected chi connectivity index (χ0v) is 12.9. The SMILES string of the molecule is C=Cc1ccc2cc(/C(C)=C/C=C\CC)ccc2c1C=C. The summed E-state index contributed by atoms with van der Waals surface area (Å²) in [5.41, 5.74) is 4.81. The van der Waals surface area contributed by atoms with Crippen molar-refractivity contribution in [2.75, 3.05) is 0 Å². The zero-order valence-electron chi connectivity index (χ0n) is 12.9. The largest absolute Gasteiger partial charge is 0.0984 e. The summed E-state index contributed by atoms with van der Waals surface area (Å²) >= 11 is 0. The first-order valence-electron chi connectivity index (χ1n) is 7.36. The van der Waals surface area contributed by atoms with E-state index in [9.17, 15) is 0 Å². The average molecular weight is 274 g/mol. The minimum Gasteiger partial charge on any atom is -0.0984 e. The Morgan fingerprint density at radius 1 is 1.10 bits per heavy atom. The molecule has 0 N–H and O–H groups in total. The van der Waals surface area contributed by atoms with Gasteiger partial charge < -0.3 is 0 Å². The van der Waals surface area contributed by atoms with E-state index in [1.165, 1.54) is 21.9 Å². The van der Waals surface area contributed by atoms with E-state index in [1.54, 1.807) is 0 Å². The molecule has 0 nitrogen and oxygen atoms in total. The van der Waals surface area contributed by atoms with Crippen molar-refractivity contribution >= 4 is 28.5 Å². The van der Waals surface area contributed by atoms with Gasteiger partial charge in [0, 0.05) is 0 Å². The van der Waals surface area contributed by atoms with E-state index in [1.807, 2.05) is 12.2 Å². The van der Waals surface area contributed by atoms with Gasteiger partial charge in [-0.2, -0.15) is 0 Å². The maximum absolute atomic E-state index is 3.93. The lowest BCUT2D eigenvalue weighted by atomic mass is 9.95. The molecular weight excluding hydrogens is 252 g/mol. The van der Waals surface area contributed by atoms with Crippen LogP contribution < -0.4 is 0 Å².